The Hall–Kier alpha value is -1.22. The molecule has 1 aromatic carbocycles. The Morgan fingerprint density at radius 3 is 2.57 bits per heavy atom. The molecule has 0 saturated carbocycles. The highest BCUT2D eigenvalue weighted by molar-refractivity contribution is 6.30. The summed E-state index contributed by atoms with van der Waals surface area (Å²) in [6, 6.07) is 7.10. The Morgan fingerprint density at radius 2 is 2.07 bits per heavy atom. The highest BCUT2D eigenvalue weighted by Gasteiger charge is 2.05. The number of hydrogen-bond donors (Lipinski definition) is 2. The van der Waals surface area contributed by atoms with E-state index in [1.54, 1.807) is 24.3 Å². The largest absolute Gasteiger partial charge is 0.490 e. The van der Waals surface area contributed by atoms with Crippen LogP contribution in [0.2, 0.25) is 5.02 Å². The first-order valence-electron chi connectivity index (χ1n) is 4.33. The molecule has 3 N–H and O–H groups in total. The minimum atomic E-state index is -0.0892. The molecule has 76 valence electrons. The number of rotatable bonds is 4. The summed E-state index contributed by atoms with van der Waals surface area (Å²) in [5, 5.41) is 7.78. The van der Waals surface area contributed by atoms with E-state index in [0.717, 1.165) is 5.75 Å². The van der Waals surface area contributed by atoms with E-state index in [1.807, 2.05) is 6.92 Å². The van der Waals surface area contributed by atoms with E-state index in [9.17, 15) is 0 Å². The Labute approximate surface area is 88.3 Å². The predicted molar refractivity (Wildman–Crippen MR) is 58.1 cm³/mol. The van der Waals surface area contributed by atoms with Gasteiger partial charge in [-0.15, -0.1) is 0 Å². The van der Waals surface area contributed by atoms with Gasteiger partial charge >= 0.3 is 0 Å². The van der Waals surface area contributed by atoms with E-state index < -0.39 is 0 Å². The zero-order valence-electron chi connectivity index (χ0n) is 7.96. The predicted octanol–water partition coefficient (Wildman–Crippen LogP) is 2.43. The lowest BCUT2D eigenvalue weighted by Gasteiger charge is -2.13. The number of nitrogens with one attached hydrogen (secondary N) is 1. The summed E-state index contributed by atoms with van der Waals surface area (Å²) < 4.78 is 5.50. The number of nitrogens with two attached hydrogens (primary N) is 1. The molecule has 0 aliphatic heterocycles. The van der Waals surface area contributed by atoms with Crippen LogP contribution < -0.4 is 10.5 Å². The van der Waals surface area contributed by atoms with E-state index in [1.165, 1.54) is 0 Å². The fraction of sp³-hybridized carbons (Fsp3) is 0.300. The molecule has 4 heteroatoms. The minimum Gasteiger partial charge on any atom is -0.490 e. The van der Waals surface area contributed by atoms with Crippen molar-refractivity contribution in [1.82, 2.24) is 0 Å². The monoisotopic (exact) mass is 212 g/mol. The van der Waals surface area contributed by atoms with Crippen LogP contribution in [0, 0.1) is 5.41 Å². The maximum Gasteiger partial charge on any atom is 0.119 e. The lowest BCUT2D eigenvalue weighted by Crippen LogP contribution is -2.21. The standard InChI is InChI=1S/C10H13ClN2O/c1-7(6-10(12)13)14-9-4-2-8(11)3-5-9/h2-5,7H,6H2,1H3,(H3,12,13). The molecule has 3 nitrogen and oxygen atoms in total. The van der Waals surface area contributed by atoms with Gasteiger partial charge in [0, 0.05) is 11.4 Å². The third-order valence-electron chi connectivity index (χ3n) is 1.66. The molecule has 0 aliphatic carbocycles. The van der Waals surface area contributed by atoms with Gasteiger partial charge in [0.2, 0.25) is 0 Å². The van der Waals surface area contributed by atoms with Gasteiger partial charge in [-0.25, -0.2) is 0 Å². The van der Waals surface area contributed by atoms with Crippen molar-refractivity contribution in [3.63, 3.8) is 0 Å². The quantitative estimate of drug-likeness (QED) is 0.595. The fourth-order valence-electron chi connectivity index (χ4n) is 1.10. The molecule has 1 rings (SSSR count). The van der Waals surface area contributed by atoms with E-state index in [4.69, 9.17) is 27.5 Å². The van der Waals surface area contributed by atoms with Crippen LogP contribution in [0.4, 0.5) is 0 Å². The maximum atomic E-state index is 7.10. The van der Waals surface area contributed by atoms with Crippen LogP contribution in [0.1, 0.15) is 13.3 Å². The molecule has 0 saturated heterocycles. The molecule has 0 spiro atoms. The zero-order valence-corrected chi connectivity index (χ0v) is 8.71. The first-order chi connectivity index (χ1) is 6.58. The van der Waals surface area contributed by atoms with Crippen LogP contribution in [-0.4, -0.2) is 11.9 Å². The third kappa shape index (κ3) is 3.66. The molecule has 0 aromatic heterocycles. The van der Waals surface area contributed by atoms with Crippen molar-refractivity contribution >= 4 is 17.4 Å². The first-order valence-corrected chi connectivity index (χ1v) is 4.71. The maximum absolute atomic E-state index is 7.10. The van der Waals surface area contributed by atoms with Crippen molar-refractivity contribution in [3.05, 3.63) is 29.3 Å². The zero-order chi connectivity index (χ0) is 10.6. The average Bonchev–Trinajstić information content (AvgIpc) is 2.07. The molecule has 1 unspecified atom stereocenters. The molecular formula is C10H13ClN2O. The van der Waals surface area contributed by atoms with Crippen molar-refractivity contribution in [1.29, 1.82) is 5.41 Å². The summed E-state index contributed by atoms with van der Waals surface area (Å²) in [4.78, 5) is 0. The summed E-state index contributed by atoms with van der Waals surface area (Å²) >= 11 is 5.72. The fourth-order valence-corrected chi connectivity index (χ4v) is 1.22. The summed E-state index contributed by atoms with van der Waals surface area (Å²) in [7, 11) is 0. The lowest BCUT2D eigenvalue weighted by molar-refractivity contribution is 0.229. The topological polar surface area (TPSA) is 59.1 Å². The van der Waals surface area contributed by atoms with Gasteiger partial charge in [0.15, 0.2) is 0 Å². The molecule has 1 atom stereocenters. The normalized spacial score (nSPS) is 12.1. The van der Waals surface area contributed by atoms with Crippen molar-refractivity contribution in [2.24, 2.45) is 5.73 Å². The molecule has 0 bridgehead atoms. The van der Waals surface area contributed by atoms with Gasteiger partial charge in [-0.1, -0.05) is 11.6 Å². The van der Waals surface area contributed by atoms with Gasteiger partial charge in [-0.3, -0.25) is 5.41 Å². The van der Waals surface area contributed by atoms with Crippen LogP contribution in [0.15, 0.2) is 24.3 Å². The molecule has 14 heavy (non-hydrogen) atoms. The van der Waals surface area contributed by atoms with Gasteiger partial charge < -0.3 is 10.5 Å². The SMILES string of the molecule is CC(CC(=N)N)Oc1ccc(Cl)cc1. The third-order valence-corrected chi connectivity index (χ3v) is 1.91. The van der Waals surface area contributed by atoms with Crippen LogP contribution in [0.5, 0.6) is 5.75 Å². The summed E-state index contributed by atoms with van der Waals surface area (Å²) in [6.07, 6.45) is 0.344. The minimum absolute atomic E-state index is 0.0892. The Balaban J connectivity index is 2.51. The summed E-state index contributed by atoms with van der Waals surface area (Å²) in [6.45, 7) is 1.87. The number of hydrogen-bond acceptors (Lipinski definition) is 2. The van der Waals surface area contributed by atoms with E-state index in [0.29, 0.717) is 11.4 Å². The number of ether oxygens (including phenoxy) is 1. The van der Waals surface area contributed by atoms with Crippen molar-refractivity contribution in [3.8, 4) is 5.75 Å². The van der Waals surface area contributed by atoms with Crippen LogP contribution in [-0.2, 0) is 0 Å². The second kappa shape index (κ2) is 4.86. The first kappa shape index (κ1) is 10.9. The molecule has 0 radical (unpaired) electrons. The number of halogens is 1. The molecule has 0 fully saturated rings. The van der Waals surface area contributed by atoms with Crippen molar-refractivity contribution < 1.29 is 4.74 Å². The highest BCUT2D eigenvalue weighted by Crippen LogP contribution is 2.17. The van der Waals surface area contributed by atoms with Crippen LogP contribution >= 0.6 is 11.6 Å². The summed E-state index contributed by atoms with van der Waals surface area (Å²) in [5.41, 5.74) is 5.25. The van der Waals surface area contributed by atoms with Gasteiger partial charge in [-0.05, 0) is 31.2 Å². The highest BCUT2D eigenvalue weighted by atomic mass is 35.5. The van der Waals surface area contributed by atoms with Gasteiger partial charge in [-0.2, -0.15) is 0 Å². The molecular weight excluding hydrogens is 200 g/mol. The average molecular weight is 213 g/mol. The number of amidine groups is 1. The second-order valence-corrected chi connectivity index (χ2v) is 3.55. The van der Waals surface area contributed by atoms with E-state index in [2.05, 4.69) is 0 Å². The Kier molecular flexibility index (Phi) is 3.77. The molecule has 1 aromatic rings. The van der Waals surface area contributed by atoms with E-state index in [-0.39, 0.29) is 11.9 Å². The van der Waals surface area contributed by atoms with Gasteiger partial charge in [0.25, 0.3) is 0 Å². The molecule has 0 heterocycles. The van der Waals surface area contributed by atoms with Crippen LogP contribution in [0.25, 0.3) is 0 Å². The van der Waals surface area contributed by atoms with Gasteiger partial charge in [0.05, 0.1) is 5.84 Å². The summed E-state index contributed by atoms with van der Waals surface area (Å²) in [5.74, 6) is 0.870. The number of benzene rings is 1. The second-order valence-electron chi connectivity index (χ2n) is 3.11. The van der Waals surface area contributed by atoms with Crippen molar-refractivity contribution in [2.75, 3.05) is 0 Å². The van der Waals surface area contributed by atoms with Crippen LogP contribution in [0.3, 0.4) is 0 Å². The lowest BCUT2D eigenvalue weighted by atomic mass is 10.2. The van der Waals surface area contributed by atoms with Crippen molar-refractivity contribution in [2.45, 2.75) is 19.4 Å². The Morgan fingerprint density at radius 1 is 1.50 bits per heavy atom. The smallest absolute Gasteiger partial charge is 0.119 e. The van der Waals surface area contributed by atoms with E-state index >= 15 is 0 Å². The molecule has 0 amide bonds. The molecule has 0 aliphatic rings. The Bertz CT molecular complexity index is 310. The van der Waals surface area contributed by atoms with Gasteiger partial charge in [0.1, 0.15) is 11.9 Å².